The molecule has 6 heteroatoms. The molecule has 0 aliphatic carbocycles. The van der Waals surface area contributed by atoms with Gasteiger partial charge in [-0.25, -0.2) is 9.67 Å². The number of hydrogen-bond donors (Lipinski definition) is 0. The highest BCUT2D eigenvalue weighted by Gasteiger charge is 2.14. The van der Waals surface area contributed by atoms with Gasteiger partial charge in [0.15, 0.2) is 0 Å². The van der Waals surface area contributed by atoms with Gasteiger partial charge in [0.25, 0.3) is 0 Å². The van der Waals surface area contributed by atoms with Gasteiger partial charge in [-0.3, -0.25) is 9.69 Å². The van der Waals surface area contributed by atoms with E-state index in [9.17, 15) is 4.79 Å². The molecule has 0 radical (unpaired) electrons. The van der Waals surface area contributed by atoms with Crippen LogP contribution in [0.4, 0.5) is 0 Å². The number of carbonyl (C=O) groups is 1. The summed E-state index contributed by atoms with van der Waals surface area (Å²) >= 11 is 0. The van der Waals surface area contributed by atoms with E-state index in [1.54, 1.807) is 6.33 Å². The fourth-order valence-electron chi connectivity index (χ4n) is 1.93. The number of rotatable bonds is 9. The van der Waals surface area contributed by atoms with Crippen molar-refractivity contribution < 1.29 is 9.53 Å². The third-order valence-electron chi connectivity index (χ3n) is 2.69. The Morgan fingerprint density at radius 2 is 2.16 bits per heavy atom. The lowest BCUT2D eigenvalue weighted by Gasteiger charge is -2.20. The first-order chi connectivity index (χ1) is 9.21. The number of aryl methyl sites for hydroxylation is 1. The summed E-state index contributed by atoms with van der Waals surface area (Å²) in [6.45, 7) is 9.08. The van der Waals surface area contributed by atoms with Crippen LogP contribution in [0.3, 0.4) is 0 Å². The average Bonchev–Trinajstić information content (AvgIpc) is 2.78. The fourth-order valence-corrected chi connectivity index (χ4v) is 1.93. The fraction of sp³-hybridized carbons (Fsp3) is 0.769. The van der Waals surface area contributed by atoms with E-state index in [2.05, 4.69) is 23.9 Å². The van der Waals surface area contributed by atoms with Gasteiger partial charge < -0.3 is 4.74 Å². The molecule has 0 N–H and O–H groups in total. The summed E-state index contributed by atoms with van der Waals surface area (Å²) < 4.78 is 6.89. The zero-order valence-corrected chi connectivity index (χ0v) is 12.1. The Labute approximate surface area is 114 Å². The first-order valence-electron chi connectivity index (χ1n) is 6.95. The van der Waals surface area contributed by atoms with Crippen LogP contribution in [0.2, 0.25) is 0 Å². The molecule has 0 aliphatic rings. The quantitative estimate of drug-likeness (QED) is 0.635. The molecule has 1 aromatic heterocycles. The third kappa shape index (κ3) is 5.38. The summed E-state index contributed by atoms with van der Waals surface area (Å²) in [5, 5.41) is 4.20. The molecule has 1 aromatic rings. The van der Waals surface area contributed by atoms with Crippen molar-refractivity contribution in [2.24, 2.45) is 0 Å². The highest BCUT2D eigenvalue weighted by atomic mass is 16.5. The smallest absolute Gasteiger partial charge is 0.320 e. The lowest BCUT2D eigenvalue weighted by atomic mass is 10.3. The van der Waals surface area contributed by atoms with Crippen molar-refractivity contribution in [3.63, 3.8) is 0 Å². The van der Waals surface area contributed by atoms with Crippen molar-refractivity contribution in [1.29, 1.82) is 0 Å². The van der Waals surface area contributed by atoms with Gasteiger partial charge in [0.1, 0.15) is 12.2 Å². The van der Waals surface area contributed by atoms with Crippen LogP contribution in [-0.4, -0.2) is 45.3 Å². The van der Waals surface area contributed by atoms with Crippen LogP contribution in [0.15, 0.2) is 6.33 Å². The number of aromatic nitrogens is 3. The standard InChI is InChI=1S/C13H24N4O2/c1-4-7-16(10-13(18)19-6-3)9-12-14-11-15-17(12)8-5-2/h11H,4-10H2,1-3H3. The summed E-state index contributed by atoms with van der Waals surface area (Å²) in [7, 11) is 0. The van der Waals surface area contributed by atoms with Gasteiger partial charge in [0.05, 0.1) is 19.7 Å². The maximum Gasteiger partial charge on any atom is 0.320 e. The van der Waals surface area contributed by atoms with Gasteiger partial charge >= 0.3 is 5.97 Å². The molecule has 0 amide bonds. The summed E-state index contributed by atoms with van der Waals surface area (Å²) in [6, 6.07) is 0. The molecule has 0 bridgehead atoms. The van der Waals surface area contributed by atoms with E-state index in [0.29, 0.717) is 19.7 Å². The van der Waals surface area contributed by atoms with Crippen molar-refractivity contribution in [3.8, 4) is 0 Å². The topological polar surface area (TPSA) is 60.3 Å². The second-order valence-corrected chi connectivity index (χ2v) is 4.42. The van der Waals surface area contributed by atoms with Crippen LogP contribution in [0.25, 0.3) is 0 Å². The maximum absolute atomic E-state index is 11.6. The number of carbonyl (C=O) groups excluding carboxylic acids is 1. The van der Waals surface area contributed by atoms with Crippen molar-refractivity contribution >= 4 is 5.97 Å². The lowest BCUT2D eigenvalue weighted by Crippen LogP contribution is -2.32. The molecule has 0 spiro atoms. The largest absolute Gasteiger partial charge is 0.465 e. The number of esters is 1. The van der Waals surface area contributed by atoms with Crippen LogP contribution in [0.5, 0.6) is 0 Å². The molecule has 19 heavy (non-hydrogen) atoms. The van der Waals surface area contributed by atoms with Crippen LogP contribution < -0.4 is 0 Å². The van der Waals surface area contributed by atoms with Crippen molar-refractivity contribution in [3.05, 3.63) is 12.2 Å². The molecule has 0 saturated carbocycles. The molecule has 0 aromatic carbocycles. The van der Waals surface area contributed by atoms with E-state index in [0.717, 1.165) is 31.8 Å². The van der Waals surface area contributed by atoms with E-state index in [4.69, 9.17) is 4.74 Å². The molecule has 108 valence electrons. The van der Waals surface area contributed by atoms with E-state index in [1.165, 1.54) is 0 Å². The second-order valence-electron chi connectivity index (χ2n) is 4.42. The second kappa shape index (κ2) is 8.63. The van der Waals surface area contributed by atoms with E-state index in [1.807, 2.05) is 16.5 Å². The van der Waals surface area contributed by atoms with Crippen LogP contribution in [0.1, 0.15) is 39.4 Å². The first-order valence-corrected chi connectivity index (χ1v) is 6.95. The summed E-state index contributed by atoms with van der Waals surface area (Å²) in [5.41, 5.74) is 0. The molecular formula is C13H24N4O2. The van der Waals surface area contributed by atoms with Gasteiger partial charge in [-0.2, -0.15) is 5.10 Å². The number of hydrogen-bond acceptors (Lipinski definition) is 5. The van der Waals surface area contributed by atoms with Crippen molar-refractivity contribution in [2.45, 2.75) is 46.7 Å². The molecule has 6 nitrogen and oxygen atoms in total. The molecule has 1 rings (SSSR count). The van der Waals surface area contributed by atoms with Gasteiger partial charge in [-0.1, -0.05) is 13.8 Å². The van der Waals surface area contributed by atoms with Crippen LogP contribution >= 0.6 is 0 Å². The van der Waals surface area contributed by atoms with Gasteiger partial charge in [0, 0.05) is 6.54 Å². The molecule has 0 unspecified atom stereocenters. The Hall–Kier alpha value is -1.43. The van der Waals surface area contributed by atoms with Gasteiger partial charge in [0.2, 0.25) is 0 Å². The highest BCUT2D eigenvalue weighted by Crippen LogP contribution is 2.03. The van der Waals surface area contributed by atoms with E-state index < -0.39 is 0 Å². The predicted octanol–water partition coefficient (Wildman–Crippen LogP) is 1.46. The summed E-state index contributed by atoms with van der Waals surface area (Å²) in [6.07, 6.45) is 3.57. The highest BCUT2D eigenvalue weighted by molar-refractivity contribution is 5.71. The summed E-state index contributed by atoms with van der Waals surface area (Å²) in [5.74, 6) is 0.720. The minimum atomic E-state index is -0.183. The van der Waals surface area contributed by atoms with Gasteiger partial charge in [-0.15, -0.1) is 0 Å². The Morgan fingerprint density at radius 3 is 2.79 bits per heavy atom. The van der Waals surface area contributed by atoms with Crippen molar-refractivity contribution in [1.82, 2.24) is 19.7 Å². The summed E-state index contributed by atoms with van der Waals surface area (Å²) in [4.78, 5) is 17.9. The first kappa shape index (κ1) is 15.6. The average molecular weight is 268 g/mol. The molecular weight excluding hydrogens is 244 g/mol. The molecule has 1 heterocycles. The Kier molecular flexibility index (Phi) is 7.10. The van der Waals surface area contributed by atoms with Crippen LogP contribution in [0, 0.1) is 0 Å². The minimum Gasteiger partial charge on any atom is -0.465 e. The third-order valence-corrected chi connectivity index (χ3v) is 2.69. The zero-order valence-electron chi connectivity index (χ0n) is 12.1. The lowest BCUT2D eigenvalue weighted by molar-refractivity contribution is -0.144. The maximum atomic E-state index is 11.6. The predicted molar refractivity (Wildman–Crippen MR) is 72.5 cm³/mol. The Morgan fingerprint density at radius 1 is 1.37 bits per heavy atom. The van der Waals surface area contributed by atoms with E-state index in [-0.39, 0.29) is 5.97 Å². The van der Waals surface area contributed by atoms with E-state index >= 15 is 0 Å². The number of ether oxygens (including phenoxy) is 1. The van der Waals surface area contributed by atoms with Crippen LogP contribution in [-0.2, 0) is 22.6 Å². The van der Waals surface area contributed by atoms with Gasteiger partial charge in [-0.05, 0) is 26.3 Å². The Balaban J connectivity index is 2.61. The Bertz CT molecular complexity index is 378. The molecule has 0 saturated heterocycles. The normalized spacial score (nSPS) is 10.9. The molecule has 0 aliphatic heterocycles. The SMILES string of the molecule is CCCN(CC(=O)OCC)Cc1ncnn1CCC. The van der Waals surface area contributed by atoms with Crippen molar-refractivity contribution in [2.75, 3.05) is 19.7 Å². The molecule has 0 fully saturated rings. The molecule has 0 atom stereocenters. The zero-order chi connectivity index (χ0) is 14.1. The minimum absolute atomic E-state index is 0.183. The number of nitrogens with zero attached hydrogens (tertiary/aromatic N) is 4. The monoisotopic (exact) mass is 268 g/mol.